The van der Waals surface area contributed by atoms with Crippen molar-refractivity contribution in [3.63, 3.8) is 0 Å². The first-order valence-electron chi connectivity index (χ1n) is 4.64. The molecule has 0 fully saturated rings. The fourth-order valence-electron chi connectivity index (χ4n) is 1.82. The summed E-state index contributed by atoms with van der Waals surface area (Å²) >= 11 is 0. The molecule has 0 aliphatic carbocycles. The first-order chi connectivity index (χ1) is 6.27. The van der Waals surface area contributed by atoms with Crippen LogP contribution < -0.4 is 5.32 Å². The Labute approximate surface area is 78.0 Å². The molecule has 2 heteroatoms. The molecule has 1 heterocycles. The lowest BCUT2D eigenvalue weighted by Gasteiger charge is -2.12. The first-order valence-corrected chi connectivity index (χ1v) is 4.64. The van der Waals surface area contributed by atoms with E-state index in [1.54, 1.807) is 0 Å². The Morgan fingerprint density at radius 2 is 2.08 bits per heavy atom. The second-order valence-electron chi connectivity index (χ2n) is 3.49. The topological polar surface area (TPSA) is 29.1 Å². The summed E-state index contributed by atoms with van der Waals surface area (Å²) in [5.41, 5.74) is 2.56. The van der Waals surface area contributed by atoms with Gasteiger partial charge in [-0.05, 0) is 24.5 Å². The van der Waals surface area contributed by atoms with Gasteiger partial charge in [0.15, 0.2) is 0 Å². The number of carbonyl (C=O) groups is 1. The number of nitrogens with one attached hydrogen (secondary N) is 1. The molecule has 1 N–H and O–H groups in total. The molecule has 1 unspecified atom stereocenters. The zero-order valence-electron chi connectivity index (χ0n) is 7.71. The van der Waals surface area contributed by atoms with Crippen LogP contribution in [0.2, 0.25) is 0 Å². The number of rotatable bonds is 0. The van der Waals surface area contributed by atoms with Crippen molar-refractivity contribution in [1.29, 1.82) is 0 Å². The molecule has 0 saturated carbocycles. The zero-order valence-corrected chi connectivity index (χ0v) is 7.71. The second kappa shape index (κ2) is 3.21. The number of hydrogen-bond acceptors (Lipinski definition) is 1. The van der Waals surface area contributed by atoms with Crippen LogP contribution in [0.4, 0.5) is 0 Å². The maximum atomic E-state index is 11.3. The van der Waals surface area contributed by atoms with Crippen molar-refractivity contribution in [1.82, 2.24) is 5.32 Å². The smallest absolute Gasteiger partial charge is 0.220 e. The van der Waals surface area contributed by atoms with Crippen LogP contribution in [0, 0.1) is 0 Å². The van der Waals surface area contributed by atoms with Gasteiger partial charge in [0, 0.05) is 6.42 Å². The van der Waals surface area contributed by atoms with Crippen molar-refractivity contribution < 1.29 is 4.79 Å². The number of benzene rings is 1. The summed E-state index contributed by atoms with van der Waals surface area (Å²) < 4.78 is 0. The summed E-state index contributed by atoms with van der Waals surface area (Å²) in [6, 6.07) is 8.40. The van der Waals surface area contributed by atoms with Crippen molar-refractivity contribution in [2.75, 3.05) is 0 Å². The Bertz CT molecular complexity index is 333. The highest BCUT2D eigenvalue weighted by molar-refractivity contribution is 5.77. The monoisotopic (exact) mass is 175 g/mol. The van der Waals surface area contributed by atoms with E-state index < -0.39 is 0 Å². The van der Waals surface area contributed by atoms with Crippen molar-refractivity contribution in [3.05, 3.63) is 35.4 Å². The van der Waals surface area contributed by atoms with Gasteiger partial charge in [0.05, 0.1) is 6.04 Å². The average Bonchev–Trinajstić information content (AvgIpc) is 2.27. The summed E-state index contributed by atoms with van der Waals surface area (Å²) in [6.45, 7) is 2.03. The van der Waals surface area contributed by atoms with Crippen molar-refractivity contribution in [3.8, 4) is 0 Å². The molecule has 68 valence electrons. The Morgan fingerprint density at radius 3 is 2.92 bits per heavy atom. The highest BCUT2D eigenvalue weighted by Gasteiger charge is 2.17. The van der Waals surface area contributed by atoms with E-state index in [0.29, 0.717) is 6.42 Å². The van der Waals surface area contributed by atoms with E-state index in [-0.39, 0.29) is 11.9 Å². The molecule has 0 saturated heterocycles. The average molecular weight is 175 g/mol. The first kappa shape index (κ1) is 8.30. The number of amides is 1. The van der Waals surface area contributed by atoms with Gasteiger partial charge in [-0.25, -0.2) is 0 Å². The summed E-state index contributed by atoms with van der Waals surface area (Å²) in [6.07, 6.45) is 1.48. The Hall–Kier alpha value is -1.31. The molecule has 1 aromatic carbocycles. The summed E-state index contributed by atoms with van der Waals surface area (Å²) in [5, 5.41) is 2.96. The minimum atomic E-state index is 0.156. The minimum absolute atomic E-state index is 0.156. The number of fused-ring (bicyclic) bond motifs is 1. The van der Waals surface area contributed by atoms with Gasteiger partial charge in [-0.3, -0.25) is 4.79 Å². The maximum Gasteiger partial charge on any atom is 0.220 e. The quantitative estimate of drug-likeness (QED) is 0.640. The van der Waals surface area contributed by atoms with Crippen LogP contribution >= 0.6 is 0 Å². The van der Waals surface area contributed by atoms with Crippen molar-refractivity contribution in [2.45, 2.75) is 25.8 Å². The highest BCUT2D eigenvalue weighted by Crippen LogP contribution is 2.21. The molecule has 2 rings (SSSR count). The normalized spacial score (nSPS) is 21.6. The van der Waals surface area contributed by atoms with Crippen LogP contribution in [0.1, 0.15) is 30.5 Å². The summed E-state index contributed by atoms with van der Waals surface area (Å²) in [4.78, 5) is 11.3. The Balaban J connectivity index is 2.40. The number of aryl methyl sites for hydroxylation is 1. The van der Waals surface area contributed by atoms with E-state index in [9.17, 15) is 4.79 Å². The third-order valence-electron chi connectivity index (χ3n) is 2.52. The van der Waals surface area contributed by atoms with E-state index in [4.69, 9.17) is 0 Å². The summed E-state index contributed by atoms with van der Waals surface area (Å²) in [7, 11) is 0. The van der Waals surface area contributed by atoms with E-state index in [2.05, 4.69) is 17.4 Å². The molecule has 0 aromatic heterocycles. The van der Waals surface area contributed by atoms with Gasteiger partial charge in [-0.1, -0.05) is 24.3 Å². The zero-order chi connectivity index (χ0) is 9.26. The third kappa shape index (κ3) is 1.57. The fraction of sp³-hybridized carbons (Fsp3) is 0.364. The third-order valence-corrected chi connectivity index (χ3v) is 2.52. The minimum Gasteiger partial charge on any atom is -0.350 e. The van der Waals surface area contributed by atoms with Crippen LogP contribution in [-0.4, -0.2) is 5.91 Å². The SMILES string of the molecule is CC1NC(=O)CCc2ccccc21. The van der Waals surface area contributed by atoms with Gasteiger partial charge in [-0.15, -0.1) is 0 Å². The molecule has 1 atom stereocenters. The fourth-order valence-corrected chi connectivity index (χ4v) is 1.82. The molecule has 1 aliphatic rings. The van der Waals surface area contributed by atoms with Gasteiger partial charge in [0.1, 0.15) is 0 Å². The van der Waals surface area contributed by atoms with Gasteiger partial charge in [0.25, 0.3) is 0 Å². The van der Waals surface area contributed by atoms with E-state index in [1.807, 2.05) is 19.1 Å². The largest absolute Gasteiger partial charge is 0.350 e. The molecule has 1 amide bonds. The number of hydrogen-bond donors (Lipinski definition) is 1. The van der Waals surface area contributed by atoms with Gasteiger partial charge in [-0.2, -0.15) is 0 Å². The predicted molar refractivity (Wildman–Crippen MR) is 51.3 cm³/mol. The maximum absolute atomic E-state index is 11.3. The van der Waals surface area contributed by atoms with Crippen molar-refractivity contribution in [2.24, 2.45) is 0 Å². The molecular weight excluding hydrogens is 162 g/mol. The van der Waals surface area contributed by atoms with Gasteiger partial charge in [0.2, 0.25) is 5.91 Å². The molecular formula is C11H13NO. The van der Waals surface area contributed by atoms with E-state index in [0.717, 1.165) is 6.42 Å². The standard InChI is InChI=1S/C11H13NO/c1-8-10-5-3-2-4-9(10)6-7-11(13)12-8/h2-5,8H,6-7H2,1H3,(H,12,13). The van der Waals surface area contributed by atoms with Gasteiger partial charge >= 0.3 is 0 Å². The van der Waals surface area contributed by atoms with Crippen LogP contribution in [-0.2, 0) is 11.2 Å². The molecule has 0 spiro atoms. The van der Waals surface area contributed by atoms with Crippen molar-refractivity contribution >= 4 is 5.91 Å². The van der Waals surface area contributed by atoms with E-state index >= 15 is 0 Å². The van der Waals surface area contributed by atoms with Crippen LogP contribution in [0.15, 0.2) is 24.3 Å². The lowest BCUT2D eigenvalue weighted by atomic mass is 10.0. The molecule has 13 heavy (non-hydrogen) atoms. The summed E-state index contributed by atoms with van der Waals surface area (Å²) in [5.74, 6) is 0.156. The molecule has 1 aromatic rings. The Kier molecular flexibility index (Phi) is 2.05. The van der Waals surface area contributed by atoms with Crippen LogP contribution in [0.3, 0.4) is 0 Å². The molecule has 1 aliphatic heterocycles. The Morgan fingerprint density at radius 1 is 1.31 bits per heavy atom. The van der Waals surface area contributed by atoms with Crippen LogP contribution in [0.5, 0.6) is 0 Å². The predicted octanol–water partition coefficient (Wildman–Crippen LogP) is 1.81. The highest BCUT2D eigenvalue weighted by atomic mass is 16.1. The number of carbonyl (C=O) groups excluding carboxylic acids is 1. The molecule has 0 bridgehead atoms. The van der Waals surface area contributed by atoms with E-state index in [1.165, 1.54) is 11.1 Å². The lowest BCUT2D eigenvalue weighted by Crippen LogP contribution is -2.24. The molecule has 2 nitrogen and oxygen atoms in total. The lowest BCUT2D eigenvalue weighted by molar-refractivity contribution is -0.121. The van der Waals surface area contributed by atoms with Gasteiger partial charge < -0.3 is 5.32 Å². The molecule has 0 radical (unpaired) electrons. The second-order valence-corrected chi connectivity index (χ2v) is 3.49. The van der Waals surface area contributed by atoms with Crippen LogP contribution in [0.25, 0.3) is 0 Å².